The minimum atomic E-state index is 0. The molecule has 1 aliphatic carbocycles. The van der Waals surface area contributed by atoms with Crippen LogP contribution in [-0.2, 0) is 6.42 Å². The number of aryl methyl sites for hydroxylation is 1. The van der Waals surface area contributed by atoms with Crippen molar-refractivity contribution in [3.63, 3.8) is 0 Å². The van der Waals surface area contributed by atoms with Crippen LogP contribution in [0.25, 0.3) is 11.1 Å². The molecule has 28 heavy (non-hydrogen) atoms. The van der Waals surface area contributed by atoms with E-state index in [-0.39, 0.29) is 12.4 Å². The van der Waals surface area contributed by atoms with E-state index in [1.165, 1.54) is 55.2 Å². The standard InChI is InChI=1S/C25H30N2.ClH/c1-25(2)14-12-20(13-15-25)7-6-19-8-10-21(11-9-19)22-4-3-5-23(18-22)24-26-16-17-27-24;/h3-5,8-11,16,18,20H,6-7,12-15,17H2,1-2H3;1H. The van der Waals surface area contributed by atoms with Crippen LogP contribution in [0.5, 0.6) is 0 Å². The lowest BCUT2D eigenvalue weighted by Crippen LogP contribution is -2.21. The van der Waals surface area contributed by atoms with Crippen LogP contribution in [0, 0.1) is 11.3 Å². The molecule has 0 amide bonds. The fraction of sp³-hybridized carbons (Fsp3) is 0.440. The van der Waals surface area contributed by atoms with E-state index in [2.05, 4.69) is 72.4 Å². The Morgan fingerprint density at radius 3 is 2.32 bits per heavy atom. The molecule has 0 spiro atoms. The molecule has 0 radical (unpaired) electrons. The number of hydrogen-bond donors (Lipinski definition) is 0. The van der Waals surface area contributed by atoms with E-state index in [1.54, 1.807) is 0 Å². The van der Waals surface area contributed by atoms with Crippen LogP contribution in [0.1, 0.15) is 57.1 Å². The molecular formula is C25H31ClN2. The highest BCUT2D eigenvalue weighted by Crippen LogP contribution is 2.39. The summed E-state index contributed by atoms with van der Waals surface area (Å²) in [5.74, 6) is 1.77. The normalized spacial score (nSPS) is 18.6. The molecule has 3 heteroatoms. The first-order valence-corrected chi connectivity index (χ1v) is 10.4. The van der Waals surface area contributed by atoms with Crippen molar-refractivity contribution in [3.8, 4) is 11.1 Å². The Bertz CT molecular complexity index is 839. The first-order valence-electron chi connectivity index (χ1n) is 10.4. The van der Waals surface area contributed by atoms with E-state index in [4.69, 9.17) is 0 Å². The summed E-state index contributed by atoms with van der Waals surface area (Å²) >= 11 is 0. The van der Waals surface area contributed by atoms with Gasteiger partial charge < -0.3 is 0 Å². The maximum atomic E-state index is 4.43. The monoisotopic (exact) mass is 394 g/mol. The summed E-state index contributed by atoms with van der Waals surface area (Å²) in [6, 6.07) is 17.7. The minimum Gasteiger partial charge on any atom is -0.260 e. The smallest absolute Gasteiger partial charge is 0.154 e. The summed E-state index contributed by atoms with van der Waals surface area (Å²) in [6.07, 6.45) is 10.0. The van der Waals surface area contributed by atoms with Gasteiger partial charge in [0.05, 0.1) is 6.54 Å². The summed E-state index contributed by atoms with van der Waals surface area (Å²) in [4.78, 5) is 8.78. The summed E-state index contributed by atoms with van der Waals surface area (Å²) < 4.78 is 0. The van der Waals surface area contributed by atoms with Crippen molar-refractivity contribution in [3.05, 3.63) is 59.7 Å². The number of nitrogens with zero attached hydrogens (tertiary/aromatic N) is 2. The molecule has 2 aromatic carbocycles. The Balaban J connectivity index is 0.00000225. The van der Waals surface area contributed by atoms with Gasteiger partial charge in [0, 0.05) is 11.8 Å². The number of aliphatic imine (C=N–C) groups is 2. The van der Waals surface area contributed by atoms with Gasteiger partial charge in [-0.2, -0.15) is 0 Å². The zero-order chi connectivity index (χ0) is 18.7. The maximum Gasteiger partial charge on any atom is 0.154 e. The molecule has 148 valence electrons. The third-order valence-corrected chi connectivity index (χ3v) is 6.24. The van der Waals surface area contributed by atoms with Crippen LogP contribution in [0.15, 0.2) is 58.5 Å². The van der Waals surface area contributed by atoms with Crippen molar-refractivity contribution in [2.75, 3.05) is 6.54 Å². The highest BCUT2D eigenvalue weighted by Gasteiger charge is 2.26. The van der Waals surface area contributed by atoms with Crippen molar-refractivity contribution in [2.45, 2.75) is 52.4 Å². The fourth-order valence-corrected chi connectivity index (χ4v) is 4.28. The number of amidine groups is 1. The van der Waals surface area contributed by atoms with E-state index in [1.807, 2.05) is 6.21 Å². The molecule has 0 unspecified atom stereocenters. The molecule has 0 atom stereocenters. The largest absolute Gasteiger partial charge is 0.260 e. The van der Waals surface area contributed by atoms with E-state index < -0.39 is 0 Å². The van der Waals surface area contributed by atoms with Gasteiger partial charge in [0.1, 0.15) is 0 Å². The second-order valence-corrected chi connectivity index (χ2v) is 8.90. The molecule has 2 nitrogen and oxygen atoms in total. The van der Waals surface area contributed by atoms with E-state index in [0.29, 0.717) is 12.0 Å². The zero-order valence-electron chi connectivity index (χ0n) is 17.0. The number of benzene rings is 2. The first-order chi connectivity index (χ1) is 13.1. The van der Waals surface area contributed by atoms with E-state index in [9.17, 15) is 0 Å². The van der Waals surface area contributed by atoms with Crippen LogP contribution < -0.4 is 0 Å². The van der Waals surface area contributed by atoms with E-state index >= 15 is 0 Å². The van der Waals surface area contributed by atoms with Crippen LogP contribution in [0.2, 0.25) is 0 Å². The molecule has 0 N–H and O–H groups in total. The van der Waals surface area contributed by atoms with Crippen LogP contribution in [0.3, 0.4) is 0 Å². The average molecular weight is 395 g/mol. The quantitative estimate of drug-likeness (QED) is 0.535. The Morgan fingerprint density at radius 2 is 1.64 bits per heavy atom. The number of rotatable bonds is 5. The Morgan fingerprint density at radius 1 is 0.929 bits per heavy atom. The Labute approximate surface area is 175 Å². The molecule has 0 aromatic heterocycles. The Hall–Kier alpha value is -1.93. The van der Waals surface area contributed by atoms with Crippen molar-refractivity contribution < 1.29 is 0 Å². The number of halogens is 1. The van der Waals surface area contributed by atoms with Gasteiger partial charge in [-0.25, -0.2) is 4.99 Å². The van der Waals surface area contributed by atoms with E-state index in [0.717, 1.165) is 17.3 Å². The summed E-state index contributed by atoms with van der Waals surface area (Å²) in [7, 11) is 0. The molecule has 2 aromatic rings. The van der Waals surface area contributed by atoms with Gasteiger partial charge in [0.25, 0.3) is 0 Å². The van der Waals surface area contributed by atoms with Crippen molar-refractivity contribution in [2.24, 2.45) is 21.3 Å². The lowest BCUT2D eigenvalue weighted by Gasteiger charge is -2.34. The zero-order valence-corrected chi connectivity index (χ0v) is 17.8. The maximum absolute atomic E-state index is 4.43. The second-order valence-electron chi connectivity index (χ2n) is 8.90. The molecule has 1 saturated carbocycles. The summed E-state index contributed by atoms with van der Waals surface area (Å²) in [5.41, 5.74) is 5.64. The highest BCUT2D eigenvalue weighted by molar-refractivity contribution is 6.06. The molecule has 0 bridgehead atoms. The second kappa shape index (κ2) is 9.05. The number of hydrogen-bond acceptors (Lipinski definition) is 2. The minimum absolute atomic E-state index is 0. The molecule has 1 heterocycles. The third kappa shape index (κ3) is 5.11. The Kier molecular flexibility index (Phi) is 6.72. The molecule has 1 fully saturated rings. The SMILES string of the molecule is CC1(C)CCC(CCc2ccc(-c3cccc(C4=NCC=N4)c3)cc2)CC1.Cl. The van der Waals surface area contributed by atoms with Gasteiger partial charge in [-0.1, -0.05) is 56.3 Å². The van der Waals surface area contributed by atoms with Crippen molar-refractivity contribution in [1.29, 1.82) is 0 Å². The van der Waals surface area contributed by atoms with Crippen molar-refractivity contribution >= 4 is 24.5 Å². The van der Waals surface area contributed by atoms with Gasteiger partial charge in [0.2, 0.25) is 0 Å². The summed E-state index contributed by atoms with van der Waals surface area (Å²) in [5, 5.41) is 0. The van der Waals surface area contributed by atoms with Gasteiger partial charge >= 0.3 is 0 Å². The molecule has 1 aliphatic heterocycles. The van der Waals surface area contributed by atoms with Crippen molar-refractivity contribution in [1.82, 2.24) is 0 Å². The molecule has 2 aliphatic rings. The van der Waals surface area contributed by atoms with Gasteiger partial charge in [-0.3, -0.25) is 4.99 Å². The van der Waals surface area contributed by atoms with Crippen LogP contribution in [0.4, 0.5) is 0 Å². The van der Waals surface area contributed by atoms with Gasteiger partial charge in [0.15, 0.2) is 5.84 Å². The highest BCUT2D eigenvalue weighted by atomic mass is 35.5. The summed E-state index contributed by atoms with van der Waals surface area (Å²) in [6.45, 7) is 5.54. The lowest BCUT2D eigenvalue weighted by molar-refractivity contribution is 0.185. The topological polar surface area (TPSA) is 24.7 Å². The molecular weight excluding hydrogens is 364 g/mol. The van der Waals surface area contributed by atoms with Crippen LogP contribution in [-0.4, -0.2) is 18.6 Å². The van der Waals surface area contributed by atoms with Crippen LogP contribution >= 0.6 is 12.4 Å². The predicted molar refractivity (Wildman–Crippen MR) is 123 cm³/mol. The fourth-order valence-electron chi connectivity index (χ4n) is 4.28. The third-order valence-electron chi connectivity index (χ3n) is 6.24. The first kappa shape index (κ1) is 20.8. The van der Waals surface area contributed by atoms with Gasteiger partial charge in [-0.15, -0.1) is 12.4 Å². The molecule has 0 saturated heterocycles. The molecule has 4 rings (SSSR count). The lowest BCUT2D eigenvalue weighted by atomic mass is 9.72. The predicted octanol–water partition coefficient (Wildman–Crippen LogP) is 6.76. The van der Waals surface area contributed by atoms with Gasteiger partial charge in [-0.05, 0) is 72.6 Å². The average Bonchev–Trinajstić information content (AvgIpc) is 3.23.